The van der Waals surface area contributed by atoms with Gasteiger partial charge in [-0.1, -0.05) is 12.1 Å². The summed E-state index contributed by atoms with van der Waals surface area (Å²) < 4.78 is 5.17. The molecule has 0 fully saturated rings. The van der Waals surface area contributed by atoms with Crippen LogP contribution in [0.2, 0.25) is 0 Å². The fourth-order valence-corrected chi connectivity index (χ4v) is 1.72. The van der Waals surface area contributed by atoms with Crippen LogP contribution in [0.1, 0.15) is 11.1 Å². The molecule has 0 bridgehead atoms. The van der Waals surface area contributed by atoms with E-state index in [4.69, 9.17) is 9.84 Å². The number of carbonyl (C=O) groups is 1. The molecule has 1 aromatic carbocycles. The SMILES string of the molecule is COc1cccc2c1CN(C(=O)O)C2. The van der Waals surface area contributed by atoms with Gasteiger partial charge in [-0.25, -0.2) is 4.79 Å². The van der Waals surface area contributed by atoms with Crippen LogP contribution in [-0.2, 0) is 13.1 Å². The minimum atomic E-state index is -0.886. The maximum absolute atomic E-state index is 10.8. The largest absolute Gasteiger partial charge is 0.496 e. The number of hydrogen-bond donors (Lipinski definition) is 1. The summed E-state index contributed by atoms with van der Waals surface area (Å²) in [5.74, 6) is 0.770. The number of ether oxygens (including phenoxy) is 1. The van der Waals surface area contributed by atoms with Crippen LogP contribution in [0, 0.1) is 0 Å². The molecule has 1 N–H and O–H groups in total. The molecule has 0 saturated heterocycles. The molecule has 1 heterocycles. The van der Waals surface area contributed by atoms with Crippen molar-refractivity contribution in [1.82, 2.24) is 4.90 Å². The molecule has 0 atom stereocenters. The first-order valence-electron chi connectivity index (χ1n) is 4.35. The Bertz CT molecular complexity index is 376. The van der Waals surface area contributed by atoms with Gasteiger partial charge in [0.2, 0.25) is 0 Å². The van der Waals surface area contributed by atoms with Gasteiger partial charge in [0.1, 0.15) is 5.75 Å². The molecule has 1 aliphatic rings. The summed E-state index contributed by atoms with van der Waals surface area (Å²) in [6, 6.07) is 5.66. The smallest absolute Gasteiger partial charge is 0.407 e. The molecule has 0 aromatic heterocycles. The van der Waals surface area contributed by atoms with Crippen molar-refractivity contribution in [3.8, 4) is 5.75 Å². The summed E-state index contributed by atoms with van der Waals surface area (Å²) >= 11 is 0. The second-order valence-electron chi connectivity index (χ2n) is 3.24. The zero-order valence-electron chi connectivity index (χ0n) is 7.86. The molecule has 0 spiro atoms. The van der Waals surface area contributed by atoms with Crippen molar-refractivity contribution in [2.24, 2.45) is 0 Å². The summed E-state index contributed by atoms with van der Waals surface area (Å²) in [6.07, 6.45) is -0.886. The van der Waals surface area contributed by atoms with Crippen molar-refractivity contribution < 1.29 is 14.6 Å². The van der Waals surface area contributed by atoms with E-state index in [0.29, 0.717) is 13.1 Å². The highest BCUT2D eigenvalue weighted by Gasteiger charge is 2.24. The molecular weight excluding hydrogens is 182 g/mol. The van der Waals surface area contributed by atoms with Crippen LogP contribution in [0.25, 0.3) is 0 Å². The van der Waals surface area contributed by atoms with Gasteiger partial charge in [0, 0.05) is 12.1 Å². The predicted molar refractivity (Wildman–Crippen MR) is 50.3 cm³/mol. The average molecular weight is 193 g/mol. The maximum Gasteiger partial charge on any atom is 0.407 e. The first-order valence-corrected chi connectivity index (χ1v) is 4.35. The zero-order chi connectivity index (χ0) is 10.1. The first kappa shape index (κ1) is 8.87. The molecule has 1 amide bonds. The average Bonchev–Trinajstić information content (AvgIpc) is 2.60. The van der Waals surface area contributed by atoms with E-state index in [9.17, 15) is 4.79 Å². The van der Waals surface area contributed by atoms with Crippen LogP contribution in [0.5, 0.6) is 5.75 Å². The summed E-state index contributed by atoms with van der Waals surface area (Å²) in [5, 5.41) is 8.83. The fourth-order valence-electron chi connectivity index (χ4n) is 1.72. The van der Waals surface area contributed by atoms with Gasteiger partial charge in [-0.05, 0) is 11.6 Å². The number of fused-ring (bicyclic) bond motifs is 1. The van der Waals surface area contributed by atoms with Gasteiger partial charge in [0.15, 0.2) is 0 Å². The van der Waals surface area contributed by atoms with Crippen LogP contribution in [0.15, 0.2) is 18.2 Å². The van der Waals surface area contributed by atoms with Gasteiger partial charge in [0.05, 0.1) is 13.7 Å². The quantitative estimate of drug-likeness (QED) is 0.738. The van der Waals surface area contributed by atoms with E-state index in [1.54, 1.807) is 7.11 Å². The van der Waals surface area contributed by atoms with Crippen LogP contribution < -0.4 is 4.74 Å². The molecule has 1 aliphatic heterocycles. The third-order valence-corrected chi connectivity index (χ3v) is 2.43. The van der Waals surface area contributed by atoms with Crippen LogP contribution in [-0.4, -0.2) is 23.2 Å². The standard InChI is InChI=1S/C10H11NO3/c1-14-9-4-2-3-7-5-11(10(12)13)6-8(7)9/h2-4H,5-6H2,1H3,(H,12,13). The van der Waals surface area contributed by atoms with Crippen molar-refractivity contribution >= 4 is 6.09 Å². The Labute approximate surface area is 81.7 Å². The molecule has 0 aliphatic carbocycles. The van der Waals surface area contributed by atoms with Crippen molar-refractivity contribution in [2.45, 2.75) is 13.1 Å². The van der Waals surface area contributed by atoms with Gasteiger partial charge < -0.3 is 9.84 Å². The Morgan fingerprint density at radius 2 is 2.29 bits per heavy atom. The second kappa shape index (κ2) is 3.21. The third kappa shape index (κ3) is 1.28. The number of methoxy groups -OCH3 is 1. The Hall–Kier alpha value is -1.71. The minimum absolute atomic E-state index is 0.425. The summed E-state index contributed by atoms with van der Waals surface area (Å²) in [7, 11) is 1.60. The number of amides is 1. The van der Waals surface area contributed by atoms with Gasteiger partial charge in [-0.3, -0.25) is 4.90 Å². The highest BCUT2D eigenvalue weighted by atomic mass is 16.5. The molecule has 14 heavy (non-hydrogen) atoms. The molecular formula is C10H11NO3. The maximum atomic E-state index is 10.8. The van der Waals surface area contributed by atoms with E-state index in [-0.39, 0.29) is 0 Å². The number of rotatable bonds is 1. The lowest BCUT2D eigenvalue weighted by atomic mass is 10.1. The van der Waals surface area contributed by atoms with E-state index in [2.05, 4.69) is 0 Å². The van der Waals surface area contributed by atoms with E-state index < -0.39 is 6.09 Å². The Balaban J connectivity index is 2.34. The monoisotopic (exact) mass is 193 g/mol. The number of benzene rings is 1. The van der Waals surface area contributed by atoms with Gasteiger partial charge in [0.25, 0.3) is 0 Å². The molecule has 1 aromatic rings. The van der Waals surface area contributed by atoms with Crippen LogP contribution in [0.4, 0.5) is 4.79 Å². The summed E-state index contributed by atoms with van der Waals surface area (Å²) in [4.78, 5) is 12.1. The molecule has 4 nitrogen and oxygen atoms in total. The fraction of sp³-hybridized carbons (Fsp3) is 0.300. The zero-order valence-corrected chi connectivity index (χ0v) is 7.86. The van der Waals surface area contributed by atoms with Gasteiger partial charge >= 0.3 is 6.09 Å². The Kier molecular flexibility index (Phi) is 2.04. The molecule has 74 valence electrons. The first-order chi connectivity index (χ1) is 6.72. The lowest BCUT2D eigenvalue weighted by Gasteiger charge is -2.09. The third-order valence-electron chi connectivity index (χ3n) is 2.43. The van der Waals surface area contributed by atoms with Gasteiger partial charge in [-0.2, -0.15) is 0 Å². The lowest BCUT2D eigenvalue weighted by Crippen LogP contribution is -2.22. The topological polar surface area (TPSA) is 49.8 Å². The second-order valence-corrected chi connectivity index (χ2v) is 3.24. The van der Waals surface area contributed by atoms with Gasteiger partial charge in [-0.15, -0.1) is 0 Å². The molecule has 0 radical (unpaired) electrons. The Morgan fingerprint density at radius 3 is 2.93 bits per heavy atom. The highest BCUT2D eigenvalue weighted by molar-refractivity contribution is 5.67. The van der Waals surface area contributed by atoms with Crippen molar-refractivity contribution in [3.05, 3.63) is 29.3 Å². The van der Waals surface area contributed by atoms with Crippen molar-refractivity contribution in [2.75, 3.05) is 7.11 Å². The van der Waals surface area contributed by atoms with Crippen LogP contribution in [0.3, 0.4) is 0 Å². The molecule has 2 rings (SSSR count). The summed E-state index contributed by atoms with van der Waals surface area (Å²) in [5.41, 5.74) is 2.02. The molecule has 0 unspecified atom stereocenters. The molecule has 4 heteroatoms. The predicted octanol–water partition coefficient (Wildman–Crippen LogP) is 1.69. The van der Waals surface area contributed by atoms with E-state index in [1.807, 2.05) is 18.2 Å². The minimum Gasteiger partial charge on any atom is -0.496 e. The van der Waals surface area contributed by atoms with Crippen LogP contribution >= 0.6 is 0 Å². The van der Waals surface area contributed by atoms with Crippen molar-refractivity contribution in [3.63, 3.8) is 0 Å². The molecule has 0 saturated carbocycles. The van der Waals surface area contributed by atoms with E-state index in [0.717, 1.165) is 16.9 Å². The number of hydrogen-bond acceptors (Lipinski definition) is 2. The number of carboxylic acid groups (broad SMARTS) is 1. The lowest BCUT2D eigenvalue weighted by molar-refractivity contribution is 0.145. The van der Waals surface area contributed by atoms with E-state index >= 15 is 0 Å². The highest BCUT2D eigenvalue weighted by Crippen LogP contribution is 2.30. The summed E-state index contributed by atoms with van der Waals surface area (Å²) in [6.45, 7) is 0.885. The normalized spacial score (nSPS) is 13.9. The number of nitrogens with zero attached hydrogens (tertiary/aromatic N) is 1. The van der Waals surface area contributed by atoms with E-state index in [1.165, 1.54) is 4.90 Å². The Morgan fingerprint density at radius 1 is 1.50 bits per heavy atom. The van der Waals surface area contributed by atoms with Crippen molar-refractivity contribution in [1.29, 1.82) is 0 Å².